The fraction of sp³-hybridized carbons (Fsp3) is 0.143. The van der Waals surface area contributed by atoms with Crippen molar-refractivity contribution in [1.29, 1.82) is 0 Å². The summed E-state index contributed by atoms with van der Waals surface area (Å²) >= 11 is 10.9. The molecule has 78 valence electrons. The lowest BCUT2D eigenvalue weighted by Crippen LogP contribution is -2.17. The van der Waals surface area contributed by atoms with Gasteiger partial charge in [-0.15, -0.1) is 13.2 Å². The summed E-state index contributed by atoms with van der Waals surface area (Å²) in [5, 5.41) is -0.570. The molecule has 7 heteroatoms. The van der Waals surface area contributed by atoms with E-state index in [1.807, 2.05) is 0 Å². The maximum atomic E-state index is 11.8. The lowest BCUT2D eigenvalue weighted by Gasteiger charge is -2.12. The van der Waals surface area contributed by atoms with Gasteiger partial charge in [0.05, 0.1) is 10.0 Å². The Morgan fingerprint density at radius 1 is 1.14 bits per heavy atom. The number of ether oxygens (including phenoxy) is 1. The molecule has 2 N–H and O–H groups in total. The lowest BCUT2D eigenvalue weighted by molar-refractivity contribution is -0.274. The van der Waals surface area contributed by atoms with Gasteiger partial charge >= 0.3 is 6.36 Å². The fourth-order valence-corrected chi connectivity index (χ4v) is 1.37. The van der Waals surface area contributed by atoms with Crippen LogP contribution in [0.2, 0.25) is 10.0 Å². The molecule has 0 bridgehead atoms. The highest BCUT2D eigenvalue weighted by Crippen LogP contribution is 2.38. The van der Waals surface area contributed by atoms with Crippen molar-refractivity contribution in [3.8, 4) is 5.75 Å². The van der Waals surface area contributed by atoms with Crippen molar-refractivity contribution < 1.29 is 17.9 Å². The molecule has 0 amide bonds. The predicted molar refractivity (Wildman–Crippen MR) is 47.6 cm³/mol. The Kier molecular flexibility index (Phi) is 3.01. The van der Waals surface area contributed by atoms with Gasteiger partial charge in [0.1, 0.15) is 0 Å². The number of benzene rings is 1. The first kappa shape index (κ1) is 11.3. The van der Waals surface area contributed by atoms with Crippen molar-refractivity contribution >= 4 is 28.9 Å². The third-order valence-electron chi connectivity index (χ3n) is 1.24. The van der Waals surface area contributed by atoms with Crippen LogP contribution in [0.1, 0.15) is 0 Å². The third-order valence-corrected chi connectivity index (χ3v) is 1.80. The standard InChI is InChI=1S/C7H4Cl2F3NO/c8-4-1-3(13)2-5(9)6(4)14-7(10,11)12/h1-2H,13H2. The van der Waals surface area contributed by atoms with Crippen LogP contribution in [0.15, 0.2) is 12.1 Å². The fourth-order valence-electron chi connectivity index (χ4n) is 0.793. The zero-order valence-corrected chi connectivity index (χ0v) is 8.04. The van der Waals surface area contributed by atoms with E-state index in [2.05, 4.69) is 4.74 Å². The molecule has 0 aromatic heterocycles. The van der Waals surface area contributed by atoms with Gasteiger partial charge in [0, 0.05) is 5.69 Å². The molecule has 0 fully saturated rings. The van der Waals surface area contributed by atoms with Gasteiger partial charge < -0.3 is 10.5 Å². The molecular formula is C7H4Cl2F3NO. The van der Waals surface area contributed by atoms with E-state index in [0.29, 0.717) is 0 Å². The van der Waals surface area contributed by atoms with Crippen molar-refractivity contribution in [1.82, 2.24) is 0 Å². The number of halogens is 5. The zero-order valence-electron chi connectivity index (χ0n) is 6.53. The molecule has 0 aliphatic rings. The van der Waals surface area contributed by atoms with Gasteiger partial charge in [-0.1, -0.05) is 23.2 Å². The summed E-state index contributed by atoms with van der Waals surface area (Å²) in [7, 11) is 0. The van der Waals surface area contributed by atoms with Crippen LogP contribution in [0.5, 0.6) is 5.75 Å². The smallest absolute Gasteiger partial charge is 0.403 e. The summed E-state index contributed by atoms with van der Waals surface area (Å²) in [6, 6.07) is 2.24. The molecular weight excluding hydrogens is 242 g/mol. The van der Waals surface area contributed by atoms with Crippen LogP contribution < -0.4 is 10.5 Å². The zero-order chi connectivity index (χ0) is 10.9. The van der Waals surface area contributed by atoms with Crippen LogP contribution in [-0.2, 0) is 0 Å². The highest BCUT2D eigenvalue weighted by atomic mass is 35.5. The second kappa shape index (κ2) is 3.74. The summed E-state index contributed by atoms with van der Waals surface area (Å²) in [6.45, 7) is 0. The van der Waals surface area contributed by atoms with Crippen LogP contribution in [0.4, 0.5) is 18.9 Å². The highest BCUT2D eigenvalue weighted by Gasteiger charge is 2.33. The van der Waals surface area contributed by atoms with Crippen molar-refractivity contribution in [3.63, 3.8) is 0 Å². The number of nitrogen functional groups attached to an aromatic ring is 1. The number of anilines is 1. The monoisotopic (exact) mass is 245 g/mol. The largest absolute Gasteiger partial charge is 0.573 e. The van der Waals surface area contributed by atoms with Crippen LogP contribution in [0.25, 0.3) is 0 Å². The first-order valence-corrected chi connectivity index (χ1v) is 4.05. The SMILES string of the molecule is Nc1cc(Cl)c(OC(F)(F)F)c(Cl)c1. The number of alkyl halides is 3. The van der Waals surface area contributed by atoms with E-state index in [1.54, 1.807) is 0 Å². The summed E-state index contributed by atoms with van der Waals surface area (Å²) in [5.74, 6) is -0.643. The van der Waals surface area contributed by atoms with Gasteiger partial charge in [-0.2, -0.15) is 0 Å². The molecule has 0 saturated carbocycles. The Morgan fingerprint density at radius 3 is 1.93 bits per heavy atom. The number of hydrogen-bond donors (Lipinski definition) is 1. The maximum absolute atomic E-state index is 11.8. The lowest BCUT2D eigenvalue weighted by atomic mass is 10.3. The van der Waals surface area contributed by atoms with E-state index in [4.69, 9.17) is 28.9 Å². The summed E-state index contributed by atoms with van der Waals surface area (Å²) in [4.78, 5) is 0. The summed E-state index contributed by atoms with van der Waals surface area (Å²) < 4.78 is 39.1. The molecule has 2 nitrogen and oxygen atoms in total. The maximum Gasteiger partial charge on any atom is 0.573 e. The molecule has 0 spiro atoms. The minimum absolute atomic E-state index is 0.162. The van der Waals surface area contributed by atoms with Crippen LogP contribution in [-0.4, -0.2) is 6.36 Å². The minimum atomic E-state index is -4.83. The second-order valence-corrected chi connectivity index (χ2v) is 3.18. The Morgan fingerprint density at radius 2 is 1.57 bits per heavy atom. The highest BCUT2D eigenvalue weighted by molar-refractivity contribution is 6.37. The van der Waals surface area contributed by atoms with Crippen molar-refractivity contribution in [3.05, 3.63) is 22.2 Å². The van der Waals surface area contributed by atoms with Gasteiger partial charge in [0.2, 0.25) is 0 Å². The Hall–Kier alpha value is -0.810. The van der Waals surface area contributed by atoms with E-state index >= 15 is 0 Å². The molecule has 1 rings (SSSR count). The number of hydrogen-bond acceptors (Lipinski definition) is 2. The van der Waals surface area contributed by atoms with Crippen molar-refractivity contribution in [2.24, 2.45) is 0 Å². The predicted octanol–water partition coefficient (Wildman–Crippen LogP) is 3.47. The molecule has 0 unspecified atom stereocenters. The van der Waals surface area contributed by atoms with E-state index in [9.17, 15) is 13.2 Å². The van der Waals surface area contributed by atoms with E-state index in [0.717, 1.165) is 12.1 Å². The molecule has 0 heterocycles. The molecule has 0 atom stereocenters. The molecule has 1 aromatic rings. The van der Waals surface area contributed by atoms with Crippen molar-refractivity contribution in [2.45, 2.75) is 6.36 Å². The van der Waals surface area contributed by atoms with E-state index in [-0.39, 0.29) is 15.7 Å². The Bertz CT molecular complexity index is 330. The van der Waals surface area contributed by atoms with Gasteiger partial charge in [-0.05, 0) is 12.1 Å². The molecule has 0 aliphatic heterocycles. The average Bonchev–Trinajstić information content (AvgIpc) is 1.95. The van der Waals surface area contributed by atoms with Gasteiger partial charge in [-0.3, -0.25) is 0 Å². The quantitative estimate of drug-likeness (QED) is 0.770. The van der Waals surface area contributed by atoms with Gasteiger partial charge in [0.15, 0.2) is 5.75 Å². The number of rotatable bonds is 1. The molecule has 0 saturated heterocycles. The molecule has 14 heavy (non-hydrogen) atoms. The van der Waals surface area contributed by atoms with E-state index in [1.165, 1.54) is 0 Å². The van der Waals surface area contributed by atoms with Crippen LogP contribution in [0.3, 0.4) is 0 Å². The van der Waals surface area contributed by atoms with E-state index < -0.39 is 12.1 Å². The van der Waals surface area contributed by atoms with Crippen molar-refractivity contribution in [2.75, 3.05) is 5.73 Å². The second-order valence-electron chi connectivity index (χ2n) is 2.36. The number of nitrogens with two attached hydrogens (primary N) is 1. The van der Waals surface area contributed by atoms with Gasteiger partial charge in [-0.25, -0.2) is 0 Å². The molecule has 1 aromatic carbocycles. The molecule has 0 radical (unpaired) electrons. The third kappa shape index (κ3) is 2.85. The van der Waals surface area contributed by atoms with Crippen LogP contribution >= 0.6 is 23.2 Å². The first-order valence-electron chi connectivity index (χ1n) is 3.30. The Labute approximate surface area is 87.4 Å². The molecule has 0 aliphatic carbocycles. The van der Waals surface area contributed by atoms with Crippen LogP contribution in [0, 0.1) is 0 Å². The Balaban J connectivity index is 3.09. The summed E-state index contributed by atoms with van der Waals surface area (Å²) in [6.07, 6.45) is -4.83. The normalized spacial score (nSPS) is 11.5. The van der Waals surface area contributed by atoms with Gasteiger partial charge in [0.25, 0.3) is 0 Å². The minimum Gasteiger partial charge on any atom is -0.403 e. The topological polar surface area (TPSA) is 35.2 Å². The average molecular weight is 246 g/mol. The summed E-state index contributed by atoms with van der Waals surface area (Å²) in [5.41, 5.74) is 5.45. The first-order chi connectivity index (χ1) is 6.29.